The molecule has 0 atom stereocenters. The quantitative estimate of drug-likeness (QED) is 0.628. The number of aryl methyl sites for hydroxylation is 1. The molecule has 1 N–H and O–H groups in total. The van der Waals surface area contributed by atoms with Crippen LogP contribution in [0.25, 0.3) is 0 Å². The molecule has 5 heteroatoms. The van der Waals surface area contributed by atoms with Gasteiger partial charge in [-0.05, 0) is 56.8 Å². The highest BCUT2D eigenvalue weighted by molar-refractivity contribution is 5.95. The number of benzene rings is 2. The maximum atomic E-state index is 12.7. The second-order valence-corrected chi connectivity index (χ2v) is 8.70. The first kappa shape index (κ1) is 21.3. The van der Waals surface area contributed by atoms with Gasteiger partial charge in [0.1, 0.15) is 0 Å². The van der Waals surface area contributed by atoms with Crippen LogP contribution in [0.3, 0.4) is 0 Å². The minimum absolute atomic E-state index is 0.0149. The van der Waals surface area contributed by atoms with Crippen molar-refractivity contribution in [2.45, 2.75) is 39.8 Å². The Balaban J connectivity index is 1.24. The van der Waals surface area contributed by atoms with E-state index < -0.39 is 0 Å². The predicted molar refractivity (Wildman–Crippen MR) is 124 cm³/mol. The Kier molecular flexibility index (Phi) is 6.82. The summed E-state index contributed by atoms with van der Waals surface area (Å²) in [5.74, 6) is 0.525. The molecule has 0 aliphatic carbocycles. The normalized spacial score (nSPS) is 15.2. The molecule has 1 aliphatic heterocycles. The molecule has 1 aliphatic rings. The van der Waals surface area contributed by atoms with Crippen molar-refractivity contribution in [3.05, 3.63) is 88.7 Å². The standard InChI is InChI=1S/C26H32N4O/c1-20-8-10-24(11-9-20)18-29-14-12-22(13-15-29)16-27-26(31)25-17-28-30(21(25)2)19-23-6-4-3-5-7-23/h3-11,17,22H,12-16,18-19H2,1-2H3,(H,27,31). The fraction of sp³-hybridized carbons (Fsp3) is 0.385. The zero-order valence-electron chi connectivity index (χ0n) is 18.6. The van der Waals surface area contributed by atoms with Crippen molar-refractivity contribution in [1.29, 1.82) is 0 Å². The van der Waals surface area contributed by atoms with E-state index in [0.717, 1.165) is 44.7 Å². The molecule has 4 rings (SSSR count). The Morgan fingerprint density at radius 1 is 0.968 bits per heavy atom. The highest BCUT2D eigenvalue weighted by atomic mass is 16.1. The lowest BCUT2D eigenvalue weighted by Crippen LogP contribution is -2.38. The molecule has 0 bridgehead atoms. The van der Waals surface area contributed by atoms with Crippen LogP contribution in [0.5, 0.6) is 0 Å². The molecule has 0 saturated carbocycles. The van der Waals surface area contributed by atoms with Gasteiger partial charge in [0.25, 0.3) is 5.91 Å². The van der Waals surface area contributed by atoms with Crippen molar-refractivity contribution in [2.75, 3.05) is 19.6 Å². The van der Waals surface area contributed by atoms with Gasteiger partial charge in [-0.3, -0.25) is 14.4 Å². The Hall–Kier alpha value is -2.92. The lowest BCUT2D eigenvalue weighted by Gasteiger charge is -2.32. The monoisotopic (exact) mass is 416 g/mol. The van der Waals surface area contributed by atoms with Gasteiger partial charge in [0.2, 0.25) is 0 Å². The van der Waals surface area contributed by atoms with Crippen LogP contribution in [0.1, 0.15) is 45.6 Å². The average molecular weight is 417 g/mol. The van der Waals surface area contributed by atoms with Gasteiger partial charge in [0, 0.05) is 18.8 Å². The first-order valence-electron chi connectivity index (χ1n) is 11.2. The zero-order chi connectivity index (χ0) is 21.6. The summed E-state index contributed by atoms with van der Waals surface area (Å²) >= 11 is 0. The Labute approximate surface area is 185 Å². The number of carbonyl (C=O) groups excluding carboxylic acids is 1. The molecule has 1 fully saturated rings. The number of piperidine rings is 1. The van der Waals surface area contributed by atoms with Crippen LogP contribution >= 0.6 is 0 Å². The van der Waals surface area contributed by atoms with Crippen LogP contribution in [-0.2, 0) is 13.1 Å². The minimum atomic E-state index is -0.0149. The van der Waals surface area contributed by atoms with Crippen LogP contribution in [0.15, 0.2) is 60.8 Å². The fourth-order valence-corrected chi connectivity index (χ4v) is 4.22. The number of hydrogen-bond acceptors (Lipinski definition) is 3. The number of hydrogen-bond donors (Lipinski definition) is 1. The lowest BCUT2D eigenvalue weighted by atomic mass is 9.96. The van der Waals surface area contributed by atoms with Crippen LogP contribution < -0.4 is 5.32 Å². The molecule has 2 aromatic carbocycles. The molecular weight excluding hydrogens is 384 g/mol. The van der Waals surface area contributed by atoms with Crippen LogP contribution in [0.2, 0.25) is 0 Å². The molecule has 5 nitrogen and oxygen atoms in total. The largest absolute Gasteiger partial charge is 0.352 e. The zero-order valence-corrected chi connectivity index (χ0v) is 18.6. The van der Waals surface area contributed by atoms with E-state index in [9.17, 15) is 4.79 Å². The van der Waals surface area contributed by atoms with E-state index in [1.165, 1.54) is 16.7 Å². The van der Waals surface area contributed by atoms with E-state index in [1.54, 1.807) is 6.20 Å². The molecule has 0 unspecified atom stereocenters. The van der Waals surface area contributed by atoms with Gasteiger partial charge in [0.05, 0.1) is 18.3 Å². The third-order valence-electron chi connectivity index (χ3n) is 6.31. The van der Waals surface area contributed by atoms with Crippen LogP contribution in [0, 0.1) is 19.8 Å². The minimum Gasteiger partial charge on any atom is -0.352 e. The molecule has 0 radical (unpaired) electrons. The van der Waals surface area contributed by atoms with Crippen molar-refractivity contribution >= 4 is 5.91 Å². The summed E-state index contributed by atoms with van der Waals surface area (Å²) in [5.41, 5.74) is 5.44. The summed E-state index contributed by atoms with van der Waals surface area (Å²) in [4.78, 5) is 15.2. The van der Waals surface area contributed by atoms with Gasteiger partial charge >= 0.3 is 0 Å². The van der Waals surface area contributed by atoms with E-state index in [0.29, 0.717) is 18.0 Å². The topological polar surface area (TPSA) is 50.2 Å². The highest BCUT2D eigenvalue weighted by Gasteiger charge is 2.21. The van der Waals surface area contributed by atoms with E-state index in [1.807, 2.05) is 29.8 Å². The Bertz CT molecular complexity index is 986. The second kappa shape index (κ2) is 9.92. The molecule has 31 heavy (non-hydrogen) atoms. The number of aromatic nitrogens is 2. The van der Waals surface area contributed by atoms with E-state index >= 15 is 0 Å². The van der Waals surface area contributed by atoms with Crippen LogP contribution in [0.4, 0.5) is 0 Å². The van der Waals surface area contributed by atoms with Gasteiger partial charge in [0.15, 0.2) is 0 Å². The van der Waals surface area contributed by atoms with Gasteiger partial charge in [-0.1, -0.05) is 60.2 Å². The summed E-state index contributed by atoms with van der Waals surface area (Å²) in [7, 11) is 0. The Morgan fingerprint density at radius 2 is 1.65 bits per heavy atom. The second-order valence-electron chi connectivity index (χ2n) is 8.70. The molecular formula is C26H32N4O. The molecule has 0 spiro atoms. The molecule has 1 saturated heterocycles. The van der Waals surface area contributed by atoms with E-state index in [-0.39, 0.29) is 5.91 Å². The van der Waals surface area contributed by atoms with Gasteiger partial charge in [-0.2, -0.15) is 5.10 Å². The smallest absolute Gasteiger partial charge is 0.254 e. The van der Waals surface area contributed by atoms with Crippen LogP contribution in [-0.4, -0.2) is 40.2 Å². The van der Waals surface area contributed by atoms with Crippen molar-refractivity contribution in [1.82, 2.24) is 20.0 Å². The van der Waals surface area contributed by atoms with Crippen molar-refractivity contribution in [2.24, 2.45) is 5.92 Å². The van der Waals surface area contributed by atoms with Gasteiger partial charge < -0.3 is 5.32 Å². The van der Waals surface area contributed by atoms with E-state index in [4.69, 9.17) is 0 Å². The molecule has 162 valence electrons. The maximum absolute atomic E-state index is 12.7. The van der Waals surface area contributed by atoms with E-state index in [2.05, 4.69) is 58.6 Å². The fourth-order valence-electron chi connectivity index (χ4n) is 4.22. The summed E-state index contributed by atoms with van der Waals surface area (Å²) in [5, 5.41) is 7.58. The summed E-state index contributed by atoms with van der Waals surface area (Å²) < 4.78 is 1.90. The summed E-state index contributed by atoms with van der Waals surface area (Å²) in [6.07, 6.45) is 3.94. The molecule has 2 heterocycles. The third kappa shape index (κ3) is 5.61. The predicted octanol–water partition coefficient (Wildman–Crippen LogP) is 4.19. The average Bonchev–Trinajstić information content (AvgIpc) is 3.15. The van der Waals surface area contributed by atoms with Crippen molar-refractivity contribution in [3.8, 4) is 0 Å². The van der Waals surface area contributed by atoms with Gasteiger partial charge in [-0.15, -0.1) is 0 Å². The SMILES string of the molecule is Cc1ccc(CN2CCC(CNC(=O)c3cnn(Cc4ccccc4)c3C)CC2)cc1. The number of carbonyl (C=O) groups is 1. The number of amides is 1. The first-order chi connectivity index (χ1) is 15.1. The highest BCUT2D eigenvalue weighted by Crippen LogP contribution is 2.19. The molecule has 3 aromatic rings. The number of nitrogens with one attached hydrogen (secondary N) is 1. The Morgan fingerprint density at radius 3 is 2.35 bits per heavy atom. The first-order valence-corrected chi connectivity index (χ1v) is 11.2. The number of rotatable bonds is 7. The molecule has 1 amide bonds. The van der Waals surface area contributed by atoms with Gasteiger partial charge in [-0.25, -0.2) is 0 Å². The maximum Gasteiger partial charge on any atom is 0.254 e. The van der Waals surface area contributed by atoms with Crippen molar-refractivity contribution in [3.63, 3.8) is 0 Å². The third-order valence-corrected chi connectivity index (χ3v) is 6.31. The van der Waals surface area contributed by atoms with Crippen molar-refractivity contribution < 1.29 is 4.79 Å². The number of likely N-dealkylation sites (tertiary alicyclic amines) is 1. The lowest BCUT2D eigenvalue weighted by molar-refractivity contribution is 0.0934. The number of nitrogens with zero attached hydrogens (tertiary/aromatic N) is 3. The summed E-state index contributed by atoms with van der Waals surface area (Å²) in [6.45, 7) is 8.69. The molecule has 1 aromatic heterocycles. The summed E-state index contributed by atoms with van der Waals surface area (Å²) in [6, 6.07) is 19.0.